The van der Waals surface area contributed by atoms with Crippen molar-refractivity contribution in [2.75, 3.05) is 29.9 Å². The standard InChI is InChI=1S/C16H19N5O2/c1-19(16-3-2-10-17-18-16)13-8-11-20(12-9-13)14-4-6-15(7-5-14)21(22)23/h2-7,10,13H,8-9,11-12H2,1H3. The van der Waals surface area contributed by atoms with Crippen LogP contribution in [0.25, 0.3) is 0 Å². The number of non-ortho nitro benzene ring substituents is 1. The first-order chi connectivity index (χ1) is 11.1. The summed E-state index contributed by atoms with van der Waals surface area (Å²) in [6.07, 6.45) is 3.71. The van der Waals surface area contributed by atoms with Crippen LogP contribution < -0.4 is 9.80 Å². The molecule has 2 heterocycles. The van der Waals surface area contributed by atoms with E-state index in [1.54, 1.807) is 18.3 Å². The molecule has 0 amide bonds. The lowest BCUT2D eigenvalue weighted by Gasteiger charge is -2.38. The largest absolute Gasteiger partial charge is 0.371 e. The van der Waals surface area contributed by atoms with Crippen molar-refractivity contribution < 1.29 is 4.92 Å². The van der Waals surface area contributed by atoms with Gasteiger partial charge in [0.25, 0.3) is 5.69 Å². The molecule has 3 rings (SSSR count). The molecule has 7 nitrogen and oxygen atoms in total. The first-order valence-corrected chi connectivity index (χ1v) is 7.65. The van der Waals surface area contributed by atoms with Crippen molar-refractivity contribution in [1.29, 1.82) is 0 Å². The van der Waals surface area contributed by atoms with Gasteiger partial charge in [-0.3, -0.25) is 10.1 Å². The van der Waals surface area contributed by atoms with E-state index in [4.69, 9.17) is 0 Å². The maximum atomic E-state index is 10.7. The molecule has 1 saturated heterocycles. The van der Waals surface area contributed by atoms with Crippen LogP contribution in [-0.2, 0) is 0 Å². The number of nitro groups is 1. The monoisotopic (exact) mass is 313 g/mol. The molecule has 0 radical (unpaired) electrons. The molecule has 7 heteroatoms. The van der Waals surface area contributed by atoms with Gasteiger partial charge in [0.15, 0.2) is 5.82 Å². The lowest BCUT2D eigenvalue weighted by molar-refractivity contribution is -0.384. The summed E-state index contributed by atoms with van der Waals surface area (Å²) in [5.41, 5.74) is 1.17. The zero-order valence-electron chi connectivity index (χ0n) is 13.0. The van der Waals surface area contributed by atoms with Crippen LogP contribution in [0.2, 0.25) is 0 Å². The van der Waals surface area contributed by atoms with Gasteiger partial charge in [-0.15, -0.1) is 5.10 Å². The highest BCUT2D eigenvalue weighted by atomic mass is 16.6. The zero-order chi connectivity index (χ0) is 16.2. The fourth-order valence-corrected chi connectivity index (χ4v) is 2.97. The lowest BCUT2D eigenvalue weighted by atomic mass is 10.0. The van der Waals surface area contributed by atoms with E-state index in [0.717, 1.165) is 37.4 Å². The van der Waals surface area contributed by atoms with Crippen LogP contribution in [0.1, 0.15) is 12.8 Å². The molecule has 1 aromatic heterocycles. The highest BCUT2D eigenvalue weighted by Crippen LogP contribution is 2.25. The Hall–Kier alpha value is -2.70. The highest BCUT2D eigenvalue weighted by molar-refractivity contribution is 5.51. The summed E-state index contributed by atoms with van der Waals surface area (Å²) in [5.74, 6) is 0.890. The first-order valence-electron chi connectivity index (χ1n) is 7.65. The Balaban J connectivity index is 1.61. The van der Waals surface area contributed by atoms with Gasteiger partial charge >= 0.3 is 0 Å². The fraction of sp³-hybridized carbons (Fsp3) is 0.375. The van der Waals surface area contributed by atoms with E-state index in [0.29, 0.717) is 6.04 Å². The third-order valence-electron chi connectivity index (χ3n) is 4.36. The minimum Gasteiger partial charge on any atom is -0.371 e. The van der Waals surface area contributed by atoms with E-state index < -0.39 is 0 Å². The minimum absolute atomic E-state index is 0.131. The lowest BCUT2D eigenvalue weighted by Crippen LogP contribution is -2.43. The Labute approximate surface area is 134 Å². The van der Waals surface area contributed by atoms with Crippen molar-refractivity contribution in [3.05, 3.63) is 52.7 Å². The average Bonchev–Trinajstić information content (AvgIpc) is 2.62. The van der Waals surface area contributed by atoms with Crippen LogP contribution in [-0.4, -0.2) is 41.3 Å². The molecule has 0 saturated carbocycles. The van der Waals surface area contributed by atoms with Crippen molar-refractivity contribution in [3.8, 4) is 0 Å². The smallest absolute Gasteiger partial charge is 0.269 e. The molecule has 0 spiro atoms. The quantitative estimate of drug-likeness (QED) is 0.637. The predicted molar refractivity (Wildman–Crippen MR) is 88.8 cm³/mol. The van der Waals surface area contributed by atoms with Crippen molar-refractivity contribution in [2.45, 2.75) is 18.9 Å². The Bertz CT molecular complexity index is 654. The number of nitrogens with zero attached hydrogens (tertiary/aromatic N) is 5. The van der Waals surface area contributed by atoms with E-state index in [2.05, 4.69) is 27.0 Å². The zero-order valence-corrected chi connectivity index (χ0v) is 13.0. The van der Waals surface area contributed by atoms with E-state index in [9.17, 15) is 10.1 Å². The summed E-state index contributed by atoms with van der Waals surface area (Å²) in [5, 5.41) is 18.8. The van der Waals surface area contributed by atoms with Gasteiger partial charge in [-0.05, 0) is 37.1 Å². The molecule has 23 heavy (non-hydrogen) atoms. The van der Waals surface area contributed by atoms with Gasteiger partial charge < -0.3 is 9.80 Å². The second-order valence-corrected chi connectivity index (χ2v) is 5.68. The molecule has 0 bridgehead atoms. The molecule has 1 aliphatic heterocycles. The number of benzene rings is 1. The topological polar surface area (TPSA) is 75.4 Å². The second-order valence-electron chi connectivity index (χ2n) is 5.68. The van der Waals surface area contributed by atoms with E-state index >= 15 is 0 Å². The van der Waals surface area contributed by atoms with Gasteiger partial charge in [-0.1, -0.05) is 0 Å². The van der Waals surface area contributed by atoms with Crippen LogP contribution in [0.15, 0.2) is 42.6 Å². The van der Waals surface area contributed by atoms with Gasteiger partial charge in [0, 0.05) is 50.2 Å². The average molecular weight is 313 g/mol. The molecule has 2 aromatic rings. The molecular weight excluding hydrogens is 294 g/mol. The molecule has 1 aromatic carbocycles. The van der Waals surface area contributed by atoms with E-state index in [-0.39, 0.29) is 10.6 Å². The maximum Gasteiger partial charge on any atom is 0.269 e. The number of rotatable bonds is 4. The Kier molecular flexibility index (Phi) is 4.36. The van der Waals surface area contributed by atoms with Gasteiger partial charge in [0.1, 0.15) is 0 Å². The van der Waals surface area contributed by atoms with Gasteiger partial charge in [-0.25, -0.2) is 0 Å². The number of anilines is 2. The third kappa shape index (κ3) is 3.39. The predicted octanol–water partition coefficient (Wildman–Crippen LogP) is 2.49. The summed E-state index contributed by atoms with van der Waals surface area (Å²) in [4.78, 5) is 14.8. The number of aromatic nitrogens is 2. The van der Waals surface area contributed by atoms with Crippen LogP contribution in [0.3, 0.4) is 0 Å². The SMILES string of the molecule is CN(c1cccnn1)C1CCN(c2ccc([N+](=O)[O-])cc2)CC1. The molecular formula is C16H19N5O2. The number of piperidine rings is 1. The molecule has 0 aliphatic carbocycles. The molecule has 1 fully saturated rings. The molecule has 1 aliphatic rings. The summed E-state index contributed by atoms with van der Waals surface area (Å²) >= 11 is 0. The normalized spacial score (nSPS) is 15.4. The fourth-order valence-electron chi connectivity index (χ4n) is 2.97. The third-order valence-corrected chi connectivity index (χ3v) is 4.36. The Morgan fingerprint density at radius 3 is 2.48 bits per heavy atom. The van der Waals surface area contributed by atoms with Crippen molar-refractivity contribution in [2.24, 2.45) is 0 Å². The van der Waals surface area contributed by atoms with Crippen LogP contribution >= 0.6 is 0 Å². The number of nitro benzene ring substituents is 1. The van der Waals surface area contributed by atoms with E-state index in [1.165, 1.54) is 0 Å². The van der Waals surface area contributed by atoms with Crippen molar-refractivity contribution >= 4 is 17.2 Å². The summed E-state index contributed by atoms with van der Waals surface area (Å²) in [6.45, 7) is 1.85. The van der Waals surface area contributed by atoms with Gasteiger partial charge in [-0.2, -0.15) is 5.10 Å². The molecule has 0 unspecified atom stereocenters. The van der Waals surface area contributed by atoms with E-state index in [1.807, 2.05) is 24.3 Å². The highest BCUT2D eigenvalue weighted by Gasteiger charge is 2.23. The Morgan fingerprint density at radius 2 is 1.91 bits per heavy atom. The van der Waals surface area contributed by atoms with Crippen molar-refractivity contribution in [1.82, 2.24) is 10.2 Å². The minimum atomic E-state index is -0.369. The van der Waals surface area contributed by atoms with Gasteiger partial charge in [0.05, 0.1) is 4.92 Å². The molecule has 0 atom stereocenters. The molecule has 120 valence electrons. The second kappa shape index (κ2) is 6.60. The van der Waals surface area contributed by atoms with Crippen LogP contribution in [0, 0.1) is 10.1 Å². The van der Waals surface area contributed by atoms with Crippen molar-refractivity contribution in [3.63, 3.8) is 0 Å². The Morgan fingerprint density at radius 1 is 1.22 bits per heavy atom. The number of hydrogen-bond donors (Lipinski definition) is 0. The first kappa shape index (κ1) is 15.2. The van der Waals surface area contributed by atoms with Crippen LogP contribution in [0.4, 0.5) is 17.2 Å². The van der Waals surface area contributed by atoms with Gasteiger partial charge in [0.2, 0.25) is 0 Å². The molecule has 0 N–H and O–H groups in total. The summed E-state index contributed by atoms with van der Waals surface area (Å²) < 4.78 is 0. The number of hydrogen-bond acceptors (Lipinski definition) is 6. The summed E-state index contributed by atoms with van der Waals surface area (Å²) in [6, 6.07) is 11.1. The van der Waals surface area contributed by atoms with Crippen LogP contribution in [0.5, 0.6) is 0 Å². The summed E-state index contributed by atoms with van der Waals surface area (Å²) in [7, 11) is 2.05. The maximum absolute atomic E-state index is 10.7.